The number of nitrogens with one attached hydrogen (secondary N) is 1. The second-order valence-corrected chi connectivity index (χ2v) is 9.22. The van der Waals surface area contributed by atoms with Crippen LogP contribution in [0.15, 0.2) is 71.6 Å². The quantitative estimate of drug-likeness (QED) is 0.490. The van der Waals surface area contributed by atoms with Crippen molar-refractivity contribution in [1.29, 1.82) is 0 Å². The third-order valence-electron chi connectivity index (χ3n) is 4.74. The molecule has 174 valence electrons. The fourth-order valence-corrected chi connectivity index (χ4v) is 4.31. The summed E-state index contributed by atoms with van der Waals surface area (Å²) in [5.74, 6) is -0.160. The first kappa shape index (κ1) is 24.4. The Balaban J connectivity index is 1.77. The number of benzene rings is 3. The summed E-state index contributed by atoms with van der Waals surface area (Å²) >= 11 is 5.58. The van der Waals surface area contributed by atoms with Crippen LogP contribution in [0.2, 0.25) is 5.02 Å². The number of ether oxygens (including phenoxy) is 1. The summed E-state index contributed by atoms with van der Waals surface area (Å²) in [6.45, 7) is 0. The number of sulfonamides is 1. The van der Waals surface area contributed by atoms with Gasteiger partial charge in [0.15, 0.2) is 0 Å². The zero-order valence-corrected chi connectivity index (χ0v) is 18.9. The first-order valence-corrected chi connectivity index (χ1v) is 11.2. The third kappa shape index (κ3) is 5.40. The van der Waals surface area contributed by atoms with Crippen LogP contribution in [-0.2, 0) is 16.2 Å². The van der Waals surface area contributed by atoms with Gasteiger partial charge in [0, 0.05) is 18.3 Å². The van der Waals surface area contributed by atoms with Gasteiger partial charge >= 0.3 is 6.18 Å². The average Bonchev–Trinajstić information content (AvgIpc) is 2.79. The van der Waals surface area contributed by atoms with Crippen LogP contribution in [0.4, 0.5) is 24.5 Å². The van der Waals surface area contributed by atoms with Crippen molar-refractivity contribution in [3.8, 4) is 5.75 Å². The fraction of sp³-hybridized carbons (Fsp3) is 0.136. The molecular formula is C22H18ClF3N2O4S. The van der Waals surface area contributed by atoms with Crippen LogP contribution < -0.4 is 14.4 Å². The van der Waals surface area contributed by atoms with E-state index < -0.39 is 32.7 Å². The minimum atomic E-state index is -4.67. The Hall–Kier alpha value is -3.24. The van der Waals surface area contributed by atoms with Crippen LogP contribution in [0.1, 0.15) is 15.9 Å². The summed E-state index contributed by atoms with van der Waals surface area (Å²) in [5, 5.41) is 1.89. The van der Waals surface area contributed by atoms with E-state index in [1.165, 1.54) is 68.8 Å². The van der Waals surface area contributed by atoms with Crippen molar-refractivity contribution in [3.05, 3.63) is 82.9 Å². The highest BCUT2D eigenvalue weighted by Crippen LogP contribution is 2.36. The maximum absolute atomic E-state index is 13.0. The molecule has 0 bridgehead atoms. The first-order chi connectivity index (χ1) is 15.4. The molecule has 0 saturated heterocycles. The van der Waals surface area contributed by atoms with Crippen LogP contribution in [0.3, 0.4) is 0 Å². The largest absolute Gasteiger partial charge is 0.497 e. The number of hydrogen-bond acceptors (Lipinski definition) is 4. The molecule has 1 N–H and O–H groups in total. The van der Waals surface area contributed by atoms with E-state index in [0.717, 1.165) is 16.4 Å². The van der Waals surface area contributed by atoms with E-state index in [0.29, 0.717) is 5.75 Å². The van der Waals surface area contributed by atoms with Crippen molar-refractivity contribution in [3.63, 3.8) is 0 Å². The van der Waals surface area contributed by atoms with Crippen molar-refractivity contribution < 1.29 is 31.1 Å². The monoisotopic (exact) mass is 498 g/mol. The number of alkyl halides is 3. The Morgan fingerprint density at radius 1 is 1.00 bits per heavy atom. The third-order valence-corrected chi connectivity index (χ3v) is 6.87. The first-order valence-electron chi connectivity index (χ1n) is 9.34. The van der Waals surface area contributed by atoms with Crippen LogP contribution in [0, 0.1) is 0 Å². The number of rotatable bonds is 6. The zero-order valence-electron chi connectivity index (χ0n) is 17.4. The van der Waals surface area contributed by atoms with Crippen molar-refractivity contribution in [2.75, 3.05) is 23.8 Å². The van der Waals surface area contributed by atoms with Crippen molar-refractivity contribution in [1.82, 2.24) is 0 Å². The molecule has 6 nitrogen and oxygen atoms in total. The second kappa shape index (κ2) is 9.32. The van der Waals surface area contributed by atoms with Crippen LogP contribution >= 0.6 is 11.6 Å². The molecule has 3 rings (SSSR count). The van der Waals surface area contributed by atoms with Gasteiger partial charge in [-0.05, 0) is 66.7 Å². The van der Waals surface area contributed by atoms with E-state index in [1.807, 2.05) is 0 Å². The maximum atomic E-state index is 13.0. The van der Waals surface area contributed by atoms with Gasteiger partial charge < -0.3 is 10.1 Å². The Kier molecular flexibility index (Phi) is 6.89. The normalized spacial score (nSPS) is 11.7. The SMILES string of the molecule is COc1ccc(S(=O)(=O)N(C)c2ccc(C(=O)Nc3ccc(Cl)c(C(F)(F)F)c3)cc2)cc1. The molecule has 0 saturated carbocycles. The molecule has 0 atom stereocenters. The summed E-state index contributed by atoms with van der Waals surface area (Å²) in [7, 11) is -1.03. The minimum Gasteiger partial charge on any atom is -0.497 e. The smallest absolute Gasteiger partial charge is 0.417 e. The number of halogens is 4. The van der Waals surface area contributed by atoms with Crippen molar-refractivity contribution in [2.24, 2.45) is 0 Å². The van der Waals surface area contributed by atoms with Crippen LogP contribution in [-0.4, -0.2) is 28.5 Å². The summed E-state index contributed by atoms with van der Waals surface area (Å²) in [4.78, 5) is 12.5. The van der Waals surface area contributed by atoms with Gasteiger partial charge in [0.2, 0.25) is 0 Å². The van der Waals surface area contributed by atoms with Gasteiger partial charge in [-0.25, -0.2) is 8.42 Å². The standard InChI is InChI=1S/C22H18ClF3N2O4S/c1-28(33(30,31)18-10-8-17(32-2)9-11-18)16-6-3-14(4-7-16)21(29)27-15-5-12-20(23)19(13-15)22(24,25)26/h3-13H,1-2H3,(H,27,29). The van der Waals surface area contributed by atoms with E-state index in [9.17, 15) is 26.4 Å². The van der Waals surface area contributed by atoms with Gasteiger partial charge in [0.05, 0.1) is 28.3 Å². The molecule has 0 aromatic heterocycles. The van der Waals surface area contributed by atoms with E-state index >= 15 is 0 Å². The summed E-state index contributed by atoms with van der Waals surface area (Å²) in [6.07, 6.45) is -4.67. The van der Waals surface area contributed by atoms with Gasteiger partial charge in [-0.2, -0.15) is 13.2 Å². The number of methoxy groups -OCH3 is 1. The number of amides is 1. The van der Waals surface area contributed by atoms with E-state index in [-0.39, 0.29) is 21.8 Å². The molecule has 0 fully saturated rings. The molecule has 0 heterocycles. The van der Waals surface area contributed by atoms with E-state index in [1.54, 1.807) is 0 Å². The Bertz CT molecular complexity index is 1260. The summed E-state index contributed by atoms with van der Waals surface area (Å²) in [6, 6.07) is 14.5. The number of anilines is 2. The van der Waals surface area contributed by atoms with Crippen LogP contribution in [0.25, 0.3) is 0 Å². The molecule has 0 spiro atoms. The summed E-state index contributed by atoms with van der Waals surface area (Å²) in [5.41, 5.74) is -0.742. The minimum absolute atomic E-state index is 0.0517. The highest BCUT2D eigenvalue weighted by Gasteiger charge is 2.33. The highest BCUT2D eigenvalue weighted by molar-refractivity contribution is 7.92. The number of carbonyl (C=O) groups is 1. The molecule has 1 amide bonds. The van der Waals surface area contributed by atoms with Gasteiger partial charge in [-0.15, -0.1) is 0 Å². The molecule has 0 aliphatic heterocycles. The fourth-order valence-electron chi connectivity index (χ4n) is 2.89. The number of nitrogens with zero attached hydrogens (tertiary/aromatic N) is 1. The number of hydrogen-bond donors (Lipinski definition) is 1. The molecule has 0 aliphatic rings. The molecule has 3 aromatic rings. The summed E-state index contributed by atoms with van der Waals surface area (Å²) < 4.78 is 70.8. The van der Waals surface area contributed by atoms with Gasteiger partial charge in [0.25, 0.3) is 15.9 Å². The molecule has 33 heavy (non-hydrogen) atoms. The van der Waals surface area contributed by atoms with Gasteiger partial charge in [-0.3, -0.25) is 9.10 Å². The van der Waals surface area contributed by atoms with Gasteiger partial charge in [-0.1, -0.05) is 11.6 Å². The predicted molar refractivity (Wildman–Crippen MR) is 119 cm³/mol. The molecule has 3 aromatic carbocycles. The molecule has 0 radical (unpaired) electrons. The second-order valence-electron chi connectivity index (χ2n) is 6.84. The van der Waals surface area contributed by atoms with Crippen molar-refractivity contribution >= 4 is 38.9 Å². The topological polar surface area (TPSA) is 75.7 Å². The lowest BCUT2D eigenvalue weighted by molar-refractivity contribution is -0.137. The Morgan fingerprint density at radius 2 is 1.61 bits per heavy atom. The lowest BCUT2D eigenvalue weighted by Crippen LogP contribution is -2.26. The highest BCUT2D eigenvalue weighted by atomic mass is 35.5. The Labute approximate surface area is 193 Å². The molecular weight excluding hydrogens is 481 g/mol. The van der Waals surface area contributed by atoms with Gasteiger partial charge in [0.1, 0.15) is 5.75 Å². The molecule has 11 heteroatoms. The maximum Gasteiger partial charge on any atom is 0.417 e. The zero-order chi connectivity index (χ0) is 24.4. The lowest BCUT2D eigenvalue weighted by Gasteiger charge is -2.20. The molecule has 0 unspecified atom stereocenters. The average molecular weight is 499 g/mol. The predicted octanol–water partition coefficient (Wildman–Crippen LogP) is 5.44. The molecule has 0 aliphatic carbocycles. The number of carbonyl (C=O) groups excluding carboxylic acids is 1. The van der Waals surface area contributed by atoms with Crippen LogP contribution in [0.5, 0.6) is 5.75 Å². The van der Waals surface area contributed by atoms with E-state index in [4.69, 9.17) is 16.3 Å². The van der Waals surface area contributed by atoms with E-state index in [2.05, 4.69) is 5.32 Å². The lowest BCUT2D eigenvalue weighted by atomic mass is 10.1. The Morgan fingerprint density at radius 3 is 2.15 bits per heavy atom. The van der Waals surface area contributed by atoms with Crippen molar-refractivity contribution in [2.45, 2.75) is 11.1 Å².